The lowest BCUT2D eigenvalue weighted by Gasteiger charge is -2.52. The third-order valence-corrected chi connectivity index (χ3v) is 8.04. The molecule has 3 fully saturated rings. The molecule has 176 valence electrons. The second-order valence-electron chi connectivity index (χ2n) is 10.4. The zero-order valence-electron chi connectivity index (χ0n) is 19.4. The predicted octanol–water partition coefficient (Wildman–Crippen LogP) is 3.37. The van der Waals surface area contributed by atoms with Gasteiger partial charge in [0.05, 0.1) is 24.2 Å². The molecule has 7 heteroatoms. The van der Waals surface area contributed by atoms with Crippen LogP contribution < -0.4 is 5.56 Å². The van der Waals surface area contributed by atoms with Gasteiger partial charge in [0.15, 0.2) is 0 Å². The summed E-state index contributed by atoms with van der Waals surface area (Å²) < 4.78 is 1.54. The number of benzene rings is 1. The van der Waals surface area contributed by atoms with Gasteiger partial charge in [0.2, 0.25) is 0 Å². The lowest BCUT2D eigenvalue weighted by atomic mass is 9.66. The van der Waals surface area contributed by atoms with E-state index in [1.54, 1.807) is 17.0 Å². The van der Waals surface area contributed by atoms with Crippen LogP contribution >= 0.6 is 0 Å². The molecule has 1 aliphatic heterocycles. The van der Waals surface area contributed by atoms with Crippen LogP contribution in [0.3, 0.4) is 0 Å². The molecule has 2 aromatic rings. The Kier molecular flexibility index (Phi) is 5.77. The number of amides is 2. The highest BCUT2D eigenvalue weighted by molar-refractivity contribution is 5.74. The number of aromatic nitrogens is 2. The number of hydrogen-bond acceptors (Lipinski definition) is 4. The monoisotopic (exact) mass is 450 g/mol. The van der Waals surface area contributed by atoms with Gasteiger partial charge in [-0.2, -0.15) is 0 Å². The summed E-state index contributed by atoms with van der Waals surface area (Å²) in [4.78, 5) is 34.3. The standard InChI is InChI=1S/C26H34N4O3/c1-28(16-20-9-10-20)24(32)29-14-13-26(33,25(17-29)11-5-6-12-25)18-30-19-27-22(15-23(30)31)21-7-3-2-4-8-21/h2-4,7-8,15,19-20,33H,5-6,9-14,16-18H2,1H3/t26-/m1/s1. The molecular formula is C26H34N4O3. The Balaban J connectivity index is 1.35. The summed E-state index contributed by atoms with van der Waals surface area (Å²) in [5.74, 6) is 0.652. The fourth-order valence-corrected chi connectivity index (χ4v) is 5.86. The van der Waals surface area contributed by atoms with Crippen LogP contribution in [0.5, 0.6) is 0 Å². The van der Waals surface area contributed by atoms with Crippen LogP contribution in [0.15, 0.2) is 47.5 Å². The molecule has 2 aliphatic carbocycles. The topological polar surface area (TPSA) is 78.7 Å². The fourth-order valence-electron chi connectivity index (χ4n) is 5.86. The number of carbonyl (C=O) groups is 1. The van der Waals surface area contributed by atoms with Gasteiger partial charge >= 0.3 is 6.03 Å². The van der Waals surface area contributed by atoms with Gasteiger partial charge in [-0.3, -0.25) is 9.36 Å². The van der Waals surface area contributed by atoms with Crippen molar-refractivity contribution in [1.29, 1.82) is 0 Å². The first-order valence-electron chi connectivity index (χ1n) is 12.2. The van der Waals surface area contributed by atoms with Gasteiger partial charge in [-0.15, -0.1) is 0 Å². The van der Waals surface area contributed by atoms with Crippen molar-refractivity contribution in [3.8, 4) is 11.3 Å². The second-order valence-corrected chi connectivity index (χ2v) is 10.4. The van der Waals surface area contributed by atoms with Crippen LogP contribution in [0.25, 0.3) is 11.3 Å². The molecular weight excluding hydrogens is 416 g/mol. The Hall–Kier alpha value is -2.67. The highest BCUT2D eigenvalue weighted by Gasteiger charge is 2.55. The lowest BCUT2D eigenvalue weighted by molar-refractivity contribution is -0.136. The highest BCUT2D eigenvalue weighted by atomic mass is 16.3. The van der Waals surface area contributed by atoms with Gasteiger partial charge in [0.1, 0.15) is 0 Å². The van der Waals surface area contributed by atoms with E-state index in [1.165, 1.54) is 12.8 Å². The Labute approximate surface area is 195 Å². The summed E-state index contributed by atoms with van der Waals surface area (Å²) in [7, 11) is 1.89. The number of hydrogen-bond donors (Lipinski definition) is 1. The molecule has 1 aromatic heterocycles. The van der Waals surface area contributed by atoms with Crippen molar-refractivity contribution in [3.63, 3.8) is 0 Å². The van der Waals surface area contributed by atoms with E-state index >= 15 is 0 Å². The minimum Gasteiger partial charge on any atom is -0.387 e. The van der Waals surface area contributed by atoms with Crippen molar-refractivity contribution in [2.24, 2.45) is 11.3 Å². The number of piperidine rings is 1. The Bertz CT molecular complexity index is 1060. The Morgan fingerprint density at radius 2 is 1.91 bits per heavy atom. The fraction of sp³-hybridized carbons (Fsp3) is 0.577. The molecule has 0 bridgehead atoms. The minimum absolute atomic E-state index is 0.0706. The molecule has 2 amide bonds. The van der Waals surface area contributed by atoms with Gasteiger partial charge in [0.25, 0.3) is 5.56 Å². The first-order chi connectivity index (χ1) is 15.9. The normalized spacial score (nSPS) is 24.2. The number of rotatable bonds is 5. The average molecular weight is 451 g/mol. The van der Waals surface area contributed by atoms with Crippen LogP contribution in [0.1, 0.15) is 44.9 Å². The quantitative estimate of drug-likeness (QED) is 0.758. The van der Waals surface area contributed by atoms with E-state index in [0.29, 0.717) is 31.1 Å². The second kappa shape index (κ2) is 8.60. The van der Waals surface area contributed by atoms with E-state index in [9.17, 15) is 14.7 Å². The van der Waals surface area contributed by atoms with Crippen molar-refractivity contribution in [2.75, 3.05) is 26.7 Å². The molecule has 2 saturated carbocycles. The molecule has 1 aromatic carbocycles. The summed E-state index contributed by atoms with van der Waals surface area (Å²) >= 11 is 0. The highest BCUT2D eigenvalue weighted by Crippen LogP contribution is 2.51. The maximum atomic E-state index is 13.1. The molecule has 1 N–H and O–H groups in total. The van der Waals surface area contributed by atoms with Crippen LogP contribution in [0, 0.1) is 11.3 Å². The lowest BCUT2D eigenvalue weighted by Crippen LogP contribution is -2.63. The van der Waals surface area contributed by atoms with Crippen molar-refractivity contribution in [3.05, 3.63) is 53.1 Å². The molecule has 3 aliphatic rings. The number of nitrogens with zero attached hydrogens (tertiary/aromatic N) is 4. The van der Waals surface area contributed by atoms with Crippen molar-refractivity contribution in [1.82, 2.24) is 19.4 Å². The average Bonchev–Trinajstić information content (AvgIpc) is 3.51. The zero-order valence-corrected chi connectivity index (χ0v) is 19.4. The minimum atomic E-state index is -1.03. The maximum absolute atomic E-state index is 13.1. The molecule has 1 saturated heterocycles. The smallest absolute Gasteiger partial charge is 0.319 e. The number of aliphatic hydroxyl groups is 1. The van der Waals surface area contributed by atoms with Crippen LogP contribution in [-0.2, 0) is 6.54 Å². The maximum Gasteiger partial charge on any atom is 0.319 e. The summed E-state index contributed by atoms with van der Waals surface area (Å²) in [6, 6.07) is 11.3. The van der Waals surface area contributed by atoms with Crippen LogP contribution in [-0.4, -0.2) is 62.8 Å². The van der Waals surface area contributed by atoms with Crippen LogP contribution in [0.4, 0.5) is 4.79 Å². The number of urea groups is 1. The summed E-state index contributed by atoms with van der Waals surface area (Å²) in [5.41, 5.74) is -0.0324. The van der Waals surface area contributed by atoms with Crippen molar-refractivity contribution < 1.29 is 9.90 Å². The van der Waals surface area contributed by atoms with Gasteiger partial charge < -0.3 is 14.9 Å². The third-order valence-electron chi connectivity index (χ3n) is 8.04. The molecule has 0 unspecified atom stereocenters. The first kappa shape index (κ1) is 22.1. The summed E-state index contributed by atoms with van der Waals surface area (Å²) in [6.07, 6.45) is 8.31. The molecule has 33 heavy (non-hydrogen) atoms. The first-order valence-corrected chi connectivity index (χ1v) is 12.2. The van der Waals surface area contributed by atoms with E-state index in [4.69, 9.17) is 0 Å². The van der Waals surface area contributed by atoms with E-state index in [0.717, 1.165) is 37.8 Å². The van der Waals surface area contributed by atoms with Crippen molar-refractivity contribution >= 4 is 6.03 Å². The molecule has 7 nitrogen and oxygen atoms in total. The van der Waals surface area contributed by atoms with Gasteiger partial charge in [-0.25, -0.2) is 9.78 Å². The Morgan fingerprint density at radius 1 is 1.18 bits per heavy atom. The third kappa shape index (κ3) is 4.31. The molecule has 1 atom stereocenters. The molecule has 1 spiro atoms. The number of likely N-dealkylation sites (tertiary alicyclic amines) is 1. The largest absolute Gasteiger partial charge is 0.387 e. The zero-order chi connectivity index (χ0) is 23.1. The molecule has 5 rings (SSSR count). The van der Waals surface area contributed by atoms with E-state index in [-0.39, 0.29) is 23.6 Å². The van der Waals surface area contributed by atoms with Gasteiger partial charge in [-0.05, 0) is 38.0 Å². The van der Waals surface area contributed by atoms with E-state index in [1.807, 2.05) is 47.2 Å². The molecule has 2 heterocycles. The number of carbonyl (C=O) groups excluding carboxylic acids is 1. The van der Waals surface area contributed by atoms with Gasteiger partial charge in [-0.1, -0.05) is 43.2 Å². The van der Waals surface area contributed by atoms with Crippen LogP contribution in [0.2, 0.25) is 0 Å². The summed E-state index contributed by atoms with van der Waals surface area (Å²) in [6.45, 7) is 2.10. The molecule has 0 radical (unpaired) electrons. The predicted molar refractivity (Wildman–Crippen MR) is 127 cm³/mol. The van der Waals surface area contributed by atoms with E-state index < -0.39 is 5.60 Å². The summed E-state index contributed by atoms with van der Waals surface area (Å²) in [5, 5.41) is 11.9. The van der Waals surface area contributed by atoms with Gasteiger partial charge in [0, 0.05) is 43.7 Å². The SMILES string of the molecule is CN(CC1CC1)C(=O)N1CC[C@@](O)(Cn2cnc(-c3ccccc3)cc2=O)C2(CCCC2)C1. The van der Waals surface area contributed by atoms with E-state index in [2.05, 4.69) is 4.98 Å². The van der Waals surface area contributed by atoms with Crippen molar-refractivity contribution in [2.45, 2.75) is 57.1 Å². The Morgan fingerprint density at radius 3 is 2.58 bits per heavy atom.